The number of aromatic nitrogens is 1. The Morgan fingerprint density at radius 3 is 2.21 bits per heavy atom. The van der Waals surface area contributed by atoms with Crippen LogP contribution in [0.5, 0.6) is 0 Å². The number of nitrogens with zero attached hydrogens (tertiary/aromatic N) is 1. The number of hydrogen-bond acceptors (Lipinski definition) is 6. The second kappa shape index (κ2) is 5.14. The summed E-state index contributed by atoms with van der Waals surface area (Å²) in [6.45, 7) is 0. The molecule has 1 aromatic heterocycles. The molecule has 1 aromatic carbocycles. The van der Waals surface area contributed by atoms with Crippen LogP contribution in [0.3, 0.4) is 0 Å². The highest BCUT2D eigenvalue weighted by molar-refractivity contribution is 6.09. The van der Waals surface area contributed by atoms with E-state index < -0.39 is 29.1 Å². The summed E-state index contributed by atoms with van der Waals surface area (Å²) < 4.78 is 4.74. The summed E-state index contributed by atoms with van der Waals surface area (Å²) in [7, 11) is 0. The number of hydrogen-bond donors (Lipinski definition) is 3. The lowest BCUT2D eigenvalue weighted by molar-refractivity contribution is -0.205. The molecule has 122 valence electrons. The van der Waals surface area contributed by atoms with Crippen LogP contribution in [-0.2, 0) is 19.9 Å². The molecule has 2 aromatic rings. The van der Waals surface area contributed by atoms with Gasteiger partial charge in [0.1, 0.15) is 0 Å². The van der Waals surface area contributed by atoms with Gasteiger partial charge >= 0.3 is 23.5 Å². The van der Waals surface area contributed by atoms with E-state index in [-0.39, 0.29) is 16.8 Å². The highest BCUT2D eigenvalue weighted by atomic mass is 16.6. The number of fused-ring (bicyclic) bond motifs is 1. The molecule has 0 saturated heterocycles. The average molecular weight is 329 g/mol. The second-order valence-electron chi connectivity index (χ2n) is 5.16. The molecule has 2 heterocycles. The predicted molar refractivity (Wildman–Crippen MR) is 77.1 cm³/mol. The van der Waals surface area contributed by atoms with Crippen LogP contribution in [0.1, 0.15) is 21.6 Å². The Balaban J connectivity index is 2.46. The smallest absolute Gasteiger partial charge is 0.364 e. The number of carboxylic acids is 2. The van der Waals surface area contributed by atoms with Crippen LogP contribution in [-0.4, -0.2) is 43.8 Å². The number of aliphatic hydroxyl groups is 1. The standard InChI is InChI=1S/C16H11NO7/c18-12-11-10(7-4-8-17-11)15(23,9-5-2-1-3-6-9)16(24-12,13(19)20)14(21)22/h1-8,23H,(H,19,20)(H,21,22). The summed E-state index contributed by atoms with van der Waals surface area (Å²) in [5.41, 5.74) is -6.57. The van der Waals surface area contributed by atoms with Gasteiger partial charge < -0.3 is 20.1 Å². The Morgan fingerprint density at radius 1 is 1.00 bits per heavy atom. The number of ether oxygens (including phenoxy) is 1. The SMILES string of the molecule is O=C1OC(C(=O)O)(C(=O)O)C(O)(c2ccccc2)c2cccnc21. The average Bonchev–Trinajstić information content (AvgIpc) is 2.58. The third-order valence-electron chi connectivity index (χ3n) is 3.94. The molecule has 0 radical (unpaired) electrons. The number of carbonyl (C=O) groups excluding carboxylic acids is 1. The number of carbonyl (C=O) groups is 3. The van der Waals surface area contributed by atoms with Crippen LogP contribution in [0, 0.1) is 0 Å². The minimum absolute atomic E-state index is 0.0587. The molecular weight excluding hydrogens is 318 g/mol. The minimum Gasteiger partial charge on any atom is -0.478 e. The van der Waals surface area contributed by atoms with E-state index in [4.69, 9.17) is 4.74 Å². The summed E-state index contributed by atoms with van der Waals surface area (Å²) in [5.74, 6) is -5.26. The lowest BCUT2D eigenvalue weighted by Crippen LogP contribution is -2.67. The normalized spacial score (nSPS) is 21.5. The first-order chi connectivity index (χ1) is 11.4. The third kappa shape index (κ3) is 1.77. The number of cyclic esters (lactones) is 1. The Labute approximate surface area is 135 Å². The fourth-order valence-electron chi connectivity index (χ4n) is 2.84. The zero-order chi connectivity index (χ0) is 17.5. The molecule has 0 saturated carbocycles. The van der Waals surface area contributed by atoms with Gasteiger partial charge in [-0.1, -0.05) is 36.4 Å². The van der Waals surface area contributed by atoms with Gasteiger partial charge in [-0.05, 0) is 11.6 Å². The maximum absolute atomic E-state index is 12.1. The fraction of sp³-hybridized carbons (Fsp3) is 0.125. The zero-order valence-electron chi connectivity index (χ0n) is 12.0. The van der Waals surface area contributed by atoms with Crippen molar-refractivity contribution < 1.29 is 34.4 Å². The van der Waals surface area contributed by atoms with E-state index in [2.05, 4.69) is 4.98 Å². The monoisotopic (exact) mass is 329 g/mol. The van der Waals surface area contributed by atoms with Crippen molar-refractivity contribution in [2.24, 2.45) is 0 Å². The van der Waals surface area contributed by atoms with Gasteiger partial charge in [-0.2, -0.15) is 0 Å². The number of esters is 1. The molecule has 1 aliphatic rings. The zero-order valence-corrected chi connectivity index (χ0v) is 12.0. The van der Waals surface area contributed by atoms with Crippen molar-refractivity contribution in [2.75, 3.05) is 0 Å². The van der Waals surface area contributed by atoms with Crippen molar-refractivity contribution in [2.45, 2.75) is 11.2 Å². The molecule has 8 heteroatoms. The van der Waals surface area contributed by atoms with Gasteiger partial charge in [0.15, 0.2) is 11.3 Å². The first-order valence-corrected chi connectivity index (χ1v) is 6.79. The van der Waals surface area contributed by atoms with Crippen LogP contribution in [0.2, 0.25) is 0 Å². The molecule has 0 aliphatic carbocycles. The fourth-order valence-corrected chi connectivity index (χ4v) is 2.84. The van der Waals surface area contributed by atoms with Gasteiger partial charge in [0, 0.05) is 11.8 Å². The third-order valence-corrected chi connectivity index (χ3v) is 3.94. The van der Waals surface area contributed by atoms with Crippen molar-refractivity contribution in [3.05, 3.63) is 65.5 Å². The van der Waals surface area contributed by atoms with E-state index in [0.29, 0.717) is 0 Å². The molecule has 1 atom stereocenters. The van der Waals surface area contributed by atoms with Gasteiger partial charge in [-0.3, -0.25) is 0 Å². The Bertz CT molecular complexity index is 835. The van der Waals surface area contributed by atoms with E-state index in [1.54, 1.807) is 6.07 Å². The molecule has 8 nitrogen and oxygen atoms in total. The number of aliphatic carboxylic acids is 2. The van der Waals surface area contributed by atoms with Crippen molar-refractivity contribution in [3.63, 3.8) is 0 Å². The van der Waals surface area contributed by atoms with Gasteiger partial charge in [0.05, 0.1) is 0 Å². The number of benzene rings is 1. The highest BCUT2D eigenvalue weighted by Gasteiger charge is 2.71. The Hall–Kier alpha value is -3.26. The lowest BCUT2D eigenvalue weighted by Gasteiger charge is -2.43. The topological polar surface area (TPSA) is 134 Å². The molecule has 3 N–H and O–H groups in total. The lowest BCUT2D eigenvalue weighted by atomic mass is 9.70. The summed E-state index contributed by atoms with van der Waals surface area (Å²) in [5, 5.41) is 30.4. The summed E-state index contributed by atoms with van der Waals surface area (Å²) in [6, 6.07) is 9.89. The molecule has 1 aliphatic heterocycles. The minimum atomic E-state index is -3.25. The molecule has 0 spiro atoms. The van der Waals surface area contributed by atoms with E-state index in [0.717, 1.165) is 0 Å². The maximum atomic E-state index is 12.1. The van der Waals surface area contributed by atoms with E-state index in [9.17, 15) is 29.7 Å². The largest absolute Gasteiger partial charge is 0.478 e. The molecule has 0 amide bonds. The Kier molecular flexibility index (Phi) is 3.34. The molecular formula is C16H11NO7. The molecule has 3 rings (SSSR count). The molecule has 1 unspecified atom stereocenters. The molecule has 24 heavy (non-hydrogen) atoms. The van der Waals surface area contributed by atoms with Crippen LogP contribution in [0.25, 0.3) is 0 Å². The van der Waals surface area contributed by atoms with Gasteiger partial charge in [-0.15, -0.1) is 0 Å². The number of pyridine rings is 1. The van der Waals surface area contributed by atoms with Crippen molar-refractivity contribution in [1.82, 2.24) is 4.98 Å². The van der Waals surface area contributed by atoms with Crippen molar-refractivity contribution >= 4 is 17.9 Å². The molecule has 0 fully saturated rings. The van der Waals surface area contributed by atoms with Crippen LogP contribution >= 0.6 is 0 Å². The number of carboxylic acid groups (broad SMARTS) is 2. The Morgan fingerprint density at radius 2 is 1.62 bits per heavy atom. The molecule has 0 bridgehead atoms. The highest BCUT2D eigenvalue weighted by Crippen LogP contribution is 2.46. The summed E-state index contributed by atoms with van der Waals surface area (Å²) >= 11 is 0. The quantitative estimate of drug-likeness (QED) is 0.544. The van der Waals surface area contributed by atoms with Crippen LogP contribution in [0.15, 0.2) is 48.7 Å². The second-order valence-corrected chi connectivity index (χ2v) is 5.16. The van der Waals surface area contributed by atoms with Crippen molar-refractivity contribution in [1.29, 1.82) is 0 Å². The van der Waals surface area contributed by atoms with Crippen molar-refractivity contribution in [3.8, 4) is 0 Å². The number of rotatable bonds is 3. The van der Waals surface area contributed by atoms with Crippen LogP contribution < -0.4 is 0 Å². The predicted octanol–water partition coefficient (Wildman–Crippen LogP) is 0.396. The first-order valence-electron chi connectivity index (χ1n) is 6.79. The van der Waals surface area contributed by atoms with Crippen LogP contribution in [0.4, 0.5) is 0 Å². The van der Waals surface area contributed by atoms with E-state index in [1.165, 1.54) is 42.6 Å². The maximum Gasteiger partial charge on any atom is 0.364 e. The van der Waals surface area contributed by atoms with E-state index in [1.807, 2.05) is 0 Å². The van der Waals surface area contributed by atoms with Gasteiger partial charge in [-0.25, -0.2) is 19.4 Å². The summed E-state index contributed by atoms with van der Waals surface area (Å²) in [4.78, 5) is 39.5. The van der Waals surface area contributed by atoms with Gasteiger partial charge in [0.25, 0.3) is 0 Å². The van der Waals surface area contributed by atoms with E-state index >= 15 is 0 Å². The first kappa shape index (κ1) is 15.6. The van der Waals surface area contributed by atoms with Gasteiger partial charge in [0.2, 0.25) is 0 Å². The summed E-state index contributed by atoms with van der Waals surface area (Å²) in [6.07, 6.45) is 1.25.